The molecule has 0 saturated carbocycles. The third kappa shape index (κ3) is 1.76. The van der Waals surface area contributed by atoms with Gasteiger partial charge in [0.1, 0.15) is 0 Å². The average Bonchev–Trinajstić information content (AvgIpc) is 2.32. The third-order valence-corrected chi connectivity index (χ3v) is 3.74. The van der Waals surface area contributed by atoms with E-state index in [2.05, 4.69) is 35.2 Å². The Morgan fingerprint density at radius 1 is 1.73 bits per heavy atom. The molecular weight excluding hydrogens is 222 g/mol. The summed E-state index contributed by atoms with van der Waals surface area (Å²) in [7, 11) is 0. The van der Waals surface area contributed by atoms with Crippen LogP contribution in [0.2, 0.25) is 0 Å². The summed E-state index contributed by atoms with van der Waals surface area (Å²) in [5.41, 5.74) is 8.05. The number of halogens is 1. The van der Waals surface area contributed by atoms with Gasteiger partial charge in [-0.1, -0.05) is 13.8 Å². The Hall–Kier alpha value is -0.0200. The van der Waals surface area contributed by atoms with E-state index >= 15 is 0 Å². The van der Waals surface area contributed by atoms with Gasteiger partial charge < -0.3 is 5.73 Å². The van der Waals surface area contributed by atoms with Gasteiger partial charge in [0, 0.05) is 0 Å². The normalized spacial score (nSPS) is 13.4. The maximum absolute atomic E-state index is 5.84. The molecule has 1 nitrogen and oxygen atoms in total. The quantitative estimate of drug-likeness (QED) is 0.831. The van der Waals surface area contributed by atoms with Crippen molar-refractivity contribution in [2.75, 3.05) is 5.73 Å². The molecule has 1 heterocycles. The van der Waals surface area contributed by atoms with Crippen molar-refractivity contribution in [2.24, 2.45) is 0 Å². The molecule has 2 N–H and O–H groups in total. The van der Waals surface area contributed by atoms with E-state index in [1.807, 2.05) is 0 Å². The second-order valence-corrected chi connectivity index (χ2v) is 4.89. The van der Waals surface area contributed by atoms with Crippen molar-refractivity contribution in [3.63, 3.8) is 0 Å². The molecule has 0 spiro atoms. The highest BCUT2D eigenvalue weighted by Crippen LogP contribution is 2.35. The summed E-state index contributed by atoms with van der Waals surface area (Å²) in [6.45, 7) is 4.38. The zero-order valence-corrected chi connectivity index (χ0v) is 9.13. The lowest BCUT2D eigenvalue weighted by molar-refractivity contribution is 0.738. The average molecular weight is 234 g/mol. The Morgan fingerprint density at radius 2 is 2.36 bits per heavy atom. The van der Waals surface area contributed by atoms with E-state index in [1.165, 1.54) is 5.56 Å². The van der Waals surface area contributed by atoms with Crippen molar-refractivity contribution < 1.29 is 0 Å². The van der Waals surface area contributed by atoms with Gasteiger partial charge in [0.05, 0.1) is 9.47 Å². The fourth-order valence-corrected chi connectivity index (χ4v) is 2.30. The third-order valence-electron chi connectivity index (χ3n) is 1.96. The van der Waals surface area contributed by atoms with Crippen LogP contribution in [-0.4, -0.2) is 0 Å². The molecule has 0 radical (unpaired) electrons. The highest BCUT2D eigenvalue weighted by molar-refractivity contribution is 9.11. The molecule has 0 aromatic carbocycles. The van der Waals surface area contributed by atoms with Crippen molar-refractivity contribution in [1.29, 1.82) is 0 Å². The van der Waals surface area contributed by atoms with E-state index in [0.717, 1.165) is 15.9 Å². The van der Waals surface area contributed by atoms with E-state index < -0.39 is 0 Å². The van der Waals surface area contributed by atoms with Crippen LogP contribution in [0.3, 0.4) is 0 Å². The number of thiophene rings is 1. The molecule has 1 aromatic heterocycles. The van der Waals surface area contributed by atoms with Crippen molar-refractivity contribution in [3.8, 4) is 0 Å². The van der Waals surface area contributed by atoms with Gasteiger partial charge in [0.25, 0.3) is 0 Å². The molecule has 0 amide bonds. The van der Waals surface area contributed by atoms with Gasteiger partial charge in [-0.25, -0.2) is 0 Å². The van der Waals surface area contributed by atoms with E-state index in [4.69, 9.17) is 5.73 Å². The van der Waals surface area contributed by atoms with Crippen LogP contribution in [0.15, 0.2) is 9.17 Å². The minimum absolute atomic E-state index is 0.581. The van der Waals surface area contributed by atoms with Crippen molar-refractivity contribution >= 4 is 33.0 Å². The van der Waals surface area contributed by atoms with Gasteiger partial charge in [0.15, 0.2) is 0 Å². The van der Waals surface area contributed by atoms with E-state index in [-0.39, 0.29) is 0 Å². The minimum atomic E-state index is 0.581. The largest absolute Gasteiger partial charge is 0.397 e. The van der Waals surface area contributed by atoms with Crippen LogP contribution >= 0.6 is 27.3 Å². The Labute approximate surface area is 79.7 Å². The van der Waals surface area contributed by atoms with Crippen LogP contribution in [-0.2, 0) is 0 Å². The summed E-state index contributed by atoms with van der Waals surface area (Å²) in [6.07, 6.45) is 1.15. The second kappa shape index (κ2) is 3.59. The molecule has 0 aliphatic rings. The Bertz CT molecular complexity index is 244. The topological polar surface area (TPSA) is 26.0 Å². The van der Waals surface area contributed by atoms with Crippen molar-refractivity contribution in [1.82, 2.24) is 0 Å². The molecule has 0 aliphatic carbocycles. The van der Waals surface area contributed by atoms with Crippen LogP contribution in [0.25, 0.3) is 0 Å². The first kappa shape index (κ1) is 9.07. The monoisotopic (exact) mass is 233 g/mol. The SMILES string of the molecule is CCC(C)c1csc(Br)c1N. The van der Waals surface area contributed by atoms with Crippen molar-refractivity contribution in [3.05, 3.63) is 14.7 Å². The summed E-state index contributed by atoms with van der Waals surface area (Å²) in [4.78, 5) is 0. The number of hydrogen-bond acceptors (Lipinski definition) is 2. The van der Waals surface area contributed by atoms with Gasteiger partial charge >= 0.3 is 0 Å². The Kier molecular flexibility index (Phi) is 2.96. The fourth-order valence-electron chi connectivity index (χ4n) is 0.957. The molecule has 1 rings (SSSR count). The molecule has 0 bridgehead atoms. The van der Waals surface area contributed by atoms with E-state index in [9.17, 15) is 0 Å². The second-order valence-electron chi connectivity index (χ2n) is 2.69. The summed E-state index contributed by atoms with van der Waals surface area (Å²) >= 11 is 5.07. The van der Waals surface area contributed by atoms with Crippen LogP contribution < -0.4 is 5.73 Å². The zero-order valence-electron chi connectivity index (χ0n) is 6.73. The van der Waals surface area contributed by atoms with Gasteiger partial charge in [-0.05, 0) is 39.2 Å². The summed E-state index contributed by atoms with van der Waals surface area (Å²) in [5, 5.41) is 2.13. The molecule has 3 heteroatoms. The molecule has 1 unspecified atom stereocenters. The molecule has 11 heavy (non-hydrogen) atoms. The van der Waals surface area contributed by atoms with Crippen LogP contribution in [0.5, 0.6) is 0 Å². The number of nitrogens with two attached hydrogens (primary N) is 1. The van der Waals surface area contributed by atoms with Crippen LogP contribution in [0.4, 0.5) is 5.69 Å². The molecular formula is C8H12BrNS. The first-order chi connectivity index (χ1) is 5.16. The maximum Gasteiger partial charge on any atom is 0.0930 e. The number of nitrogen functional groups attached to an aromatic ring is 1. The molecule has 0 saturated heterocycles. The standard InChI is InChI=1S/C8H12BrNS/c1-3-5(2)6-4-11-8(9)7(6)10/h4-5H,3,10H2,1-2H3. The molecule has 0 aliphatic heterocycles. The molecule has 1 atom stereocenters. The van der Waals surface area contributed by atoms with Crippen LogP contribution in [0.1, 0.15) is 31.7 Å². The maximum atomic E-state index is 5.84. The highest BCUT2D eigenvalue weighted by atomic mass is 79.9. The van der Waals surface area contributed by atoms with E-state index in [0.29, 0.717) is 5.92 Å². The van der Waals surface area contributed by atoms with Crippen LogP contribution in [0, 0.1) is 0 Å². The molecule has 1 aromatic rings. The number of rotatable bonds is 2. The highest BCUT2D eigenvalue weighted by Gasteiger charge is 2.10. The summed E-state index contributed by atoms with van der Waals surface area (Å²) in [5.74, 6) is 0.581. The van der Waals surface area contributed by atoms with Gasteiger partial charge in [-0.15, -0.1) is 11.3 Å². The lowest BCUT2D eigenvalue weighted by atomic mass is 10.0. The van der Waals surface area contributed by atoms with Gasteiger partial charge in [-0.2, -0.15) is 0 Å². The molecule has 62 valence electrons. The Balaban J connectivity index is 2.94. The minimum Gasteiger partial charge on any atom is -0.397 e. The fraction of sp³-hybridized carbons (Fsp3) is 0.500. The number of hydrogen-bond donors (Lipinski definition) is 1. The lowest BCUT2D eigenvalue weighted by Gasteiger charge is -2.06. The predicted octanol–water partition coefficient (Wildman–Crippen LogP) is 3.61. The first-order valence-electron chi connectivity index (χ1n) is 3.69. The predicted molar refractivity (Wildman–Crippen MR) is 55.1 cm³/mol. The van der Waals surface area contributed by atoms with E-state index in [1.54, 1.807) is 11.3 Å². The zero-order chi connectivity index (χ0) is 8.43. The van der Waals surface area contributed by atoms with Gasteiger partial charge in [0.2, 0.25) is 0 Å². The van der Waals surface area contributed by atoms with Gasteiger partial charge in [-0.3, -0.25) is 0 Å². The molecule has 0 fully saturated rings. The smallest absolute Gasteiger partial charge is 0.0930 e. The van der Waals surface area contributed by atoms with Crippen molar-refractivity contribution in [2.45, 2.75) is 26.2 Å². The summed E-state index contributed by atoms with van der Waals surface area (Å²) in [6, 6.07) is 0. The summed E-state index contributed by atoms with van der Waals surface area (Å²) < 4.78 is 1.06. The Morgan fingerprint density at radius 3 is 2.73 bits per heavy atom. The first-order valence-corrected chi connectivity index (χ1v) is 5.36. The lowest BCUT2D eigenvalue weighted by Crippen LogP contribution is -1.94. The number of anilines is 1.